The zero-order valence-electron chi connectivity index (χ0n) is 11.1. The van der Waals surface area contributed by atoms with Crippen LogP contribution in [0.2, 0.25) is 0 Å². The first-order chi connectivity index (χ1) is 8.15. The van der Waals surface area contributed by atoms with Gasteiger partial charge in [-0.25, -0.2) is 0 Å². The van der Waals surface area contributed by atoms with Gasteiger partial charge in [0.05, 0.1) is 12.6 Å². The lowest BCUT2D eigenvalue weighted by atomic mass is 10.1. The van der Waals surface area contributed by atoms with E-state index in [1.165, 1.54) is 19.3 Å². The van der Waals surface area contributed by atoms with Crippen LogP contribution >= 0.6 is 0 Å². The summed E-state index contributed by atoms with van der Waals surface area (Å²) in [7, 11) is 0. The van der Waals surface area contributed by atoms with Gasteiger partial charge in [0, 0.05) is 19.1 Å². The molecule has 0 unspecified atom stereocenters. The number of rotatable bonds is 4. The van der Waals surface area contributed by atoms with E-state index in [1.807, 2.05) is 0 Å². The SMILES string of the molecule is CC(C)N1CC(NC(=O)CN2CCCCC2)C1. The van der Waals surface area contributed by atoms with Crippen molar-refractivity contribution in [3.63, 3.8) is 0 Å². The molecule has 2 fully saturated rings. The summed E-state index contributed by atoms with van der Waals surface area (Å²) in [6, 6.07) is 0.986. The van der Waals surface area contributed by atoms with Crippen LogP contribution in [-0.2, 0) is 4.79 Å². The Labute approximate surface area is 104 Å². The predicted octanol–water partition coefficient (Wildman–Crippen LogP) is 0.681. The quantitative estimate of drug-likeness (QED) is 0.784. The van der Waals surface area contributed by atoms with Gasteiger partial charge in [0.1, 0.15) is 0 Å². The van der Waals surface area contributed by atoms with Gasteiger partial charge in [-0.05, 0) is 39.8 Å². The molecule has 0 aromatic rings. The maximum Gasteiger partial charge on any atom is 0.234 e. The van der Waals surface area contributed by atoms with Crippen LogP contribution in [0.15, 0.2) is 0 Å². The van der Waals surface area contributed by atoms with E-state index in [9.17, 15) is 4.79 Å². The monoisotopic (exact) mass is 239 g/mol. The molecule has 0 spiro atoms. The van der Waals surface area contributed by atoms with Crippen molar-refractivity contribution in [3.8, 4) is 0 Å². The van der Waals surface area contributed by atoms with Crippen LogP contribution < -0.4 is 5.32 Å². The Kier molecular flexibility index (Phi) is 4.40. The van der Waals surface area contributed by atoms with E-state index >= 15 is 0 Å². The minimum atomic E-state index is 0.209. The molecule has 1 N–H and O–H groups in total. The Bertz CT molecular complexity index is 255. The van der Waals surface area contributed by atoms with E-state index in [4.69, 9.17) is 0 Å². The highest BCUT2D eigenvalue weighted by Crippen LogP contribution is 2.12. The number of hydrogen-bond donors (Lipinski definition) is 1. The Morgan fingerprint density at radius 1 is 1.24 bits per heavy atom. The molecular formula is C13H25N3O. The minimum Gasteiger partial charge on any atom is -0.350 e. The van der Waals surface area contributed by atoms with Gasteiger partial charge < -0.3 is 5.32 Å². The lowest BCUT2D eigenvalue weighted by molar-refractivity contribution is -0.124. The zero-order valence-corrected chi connectivity index (χ0v) is 11.1. The summed E-state index contributed by atoms with van der Waals surface area (Å²) in [6.45, 7) is 9.22. The molecule has 2 saturated heterocycles. The molecule has 4 heteroatoms. The average Bonchev–Trinajstić information content (AvgIpc) is 2.23. The molecule has 17 heavy (non-hydrogen) atoms. The number of carbonyl (C=O) groups is 1. The number of amides is 1. The van der Waals surface area contributed by atoms with Crippen molar-refractivity contribution in [1.29, 1.82) is 0 Å². The fraction of sp³-hybridized carbons (Fsp3) is 0.923. The first kappa shape index (κ1) is 12.8. The van der Waals surface area contributed by atoms with Gasteiger partial charge in [0.2, 0.25) is 5.91 Å². The summed E-state index contributed by atoms with van der Waals surface area (Å²) < 4.78 is 0. The third kappa shape index (κ3) is 3.68. The third-order valence-electron chi connectivity index (χ3n) is 3.82. The summed E-state index contributed by atoms with van der Waals surface area (Å²) >= 11 is 0. The van der Waals surface area contributed by atoms with Crippen molar-refractivity contribution < 1.29 is 4.79 Å². The van der Waals surface area contributed by atoms with E-state index in [2.05, 4.69) is 29.0 Å². The number of piperidine rings is 1. The summed E-state index contributed by atoms with van der Waals surface area (Å²) in [4.78, 5) is 16.5. The molecular weight excluding hydrogens is 214 g/mol. The zero-order chi connectivity index (χ0) is 12.3. The van der Waals surface area contributed by atoms with Gasteiger partial charge in [-0.15, -0.1) is 0 Å². The Morgan fingerprint density at radius 3 is 2.47 bits per heavy atom. The van der Waals surface area contributed by atoms with Gasteiger partial charge >= 0.3 is 0 Å². The van der Waals surface area contributed by atoms with Crippen LogP contribution in [0.1, 0.15) is 33.1 Å². The van der Waals surface area contributed by atoms with Crippen LogP contribution in [-0.4, -0.2) is 60.5 Å². The van der Waals surface area contributed by atoms with Crippen molar-refractivity contribution in [2.24, 2.45) is 0 Å². The van der Waals surface area contributed by atoms with Crippen molar-refractivity contribution in [2.75, 3.05) is 32.7 Å². The average molecular weight is 239 g/mol. The summed E-state index contributed by atoms with van der Waals surface area (Å²) in [6.07, 6.45) is 3.82. The summed E-state index contributed by atoms with van der Waals surface area (Å²) in [5, 5.41) is 3.13. The normalized spacial score (nSPS) is 23.7. The molecule has 0 aromatic carbocycles. The van der Waals surface area contributed by atoms with Gasteiger partial charge in [0.25, 0.3) is 0 Å². The van der Waals surface area contributed by atoms with Crippen LogP contribution in [0.4, 0.5) is 0 Å². The predicted molar refractivity (Wildman–Crippen MR) is 68.9 cm³/mol. The molecule has 2 rings (SSSR count). The number of nitrogens with zero attached hydrogens (tertiary/aromatic N) is 2. The van der Waals surface area contributed by atoms with Gasteiger partial charge in [-0.1, -0.05) is 6.42 Å². The molecule has 1 amide bonds. The summed E-state index contributed by atoms with van der Waals surface area (Å²) in [5.74, 6) is 0.209. The molecule has 0 radical (unpaired) electrons. The summed E-state index contributed by atoms with van der Waals surface area (Å²) in [5.41, 5.74) is 0. The lowest BCUT2D eigenvalue weighted by Crippen LogP contribution is -2.62. The van der Waals surface area contributed by atoms with Crippen LogP contribution in [0.3, 0.4) is 0 Å². The standard InChI is InChI=1S/C13H25N3O/c1-11(2)16-8-12(9-16)14-13(17)10-15-6-4-3-5-7-15/h11-12H,3-10H2,1-2H3,(H,14,17). The Balaban J connectivity index is 1.61. The maximum absolute atomic E-state index is 11.8. The topological polar surface area (TPSA) is 35.6 Å². The van der Waals surface area contributed by atoms with Crippen molar-refractivity contribution in [3.05, 3.63) is 0 Å². The van der Waals surface area contributed by atoms with E-state index in [0.717, 1.165) is 26.2 Å². The molecule has 0 aromatic heterocycles. The fourth-order valence-electron chi connectivity index (χ4n) is 2.62. The van der Waals surface area contributed by atoms with Crippen LogP contribution in [0, 0.1) is 0 Å². The largest absolute Gasteiger partial charge is 0.350 e. The molecule has 4 nitrogen and oxygen atoms in total. The van der Waals surface area contributed by atoms with E-state index in [0.29, 0.717) is 18.6 Å². The van der Waals surface area contributed by atoms with E-state index < -0.39 is 0 Å². The molecule has 2 aliphatic heterocycles. The second kappa shape index (κ2) is 5.83. The molecule has 0 atom stereocenters. The molecule has 0 saturated carbocycles. The highest BCUT2D eigenvalue weighted by molar-refractivity contribution is 5.78. The number of likely N-dealkylation sites (tertiary alicyclic amines) is 2. The van der Waals surface area contributed by atoms with Crippen molar-refractivity contribution >= 4 is 5.91 Å². The van der Waals surface area contributed by atoms with Gasteiger partial charge in [0.15, 0.2) is 0 Å². The van der Waals surface area contributed by atoms with Gasteiger partial charge in [-0.3, -0.25) is 14.6 Å². The first-order valence-electron chi connectivity index (χ1n) is 6.91. The molecule has 0 aliphatic carbocycles. The smallest absolute Gasteiger partial charge is 0.234 e. The Morgan fingerprint density at radius 2 is 1.88 bits per heavy atom. The molecule has 0 bridgehead atoms. The molecule has 2 heterocycles. The highest BCUT2D eigenvalue weighted by Gasteiger charge is 2.29. The second-order valence-corrected chi connectivity index (χ2v) is 5.65. The maximum atomic E-state index is 11.8. The van der Waals surface area contributed by atoms with Crippen LogP contribution in [0.25, 0.3) is 0 Å². The first-order valence-corrected chi connectivity index (χ1v) is 6.91. The minimum absolute atomic E-state index is 0.209. The van der Waals surface area contributed by atoms with E-state index in [-0.39, 0.29) is 5.91 Å². The Hall–Kier alpha value is -0.610. The number of hydrogen-bond acceptors (Lipinski definition) is 3. The molecule has 98 valence electrons. The molecule has 2 aliphatic rings. The highest BCUT2D eigenvalue weighted by atomic mass is 16.2. The third-order valence-corrected chi connectivity index (χ3v) is 3.82. The number of nitrogens with one attached hydrogen (secondary N) is 1. The fourth-order valence-corrected chi connectivity index (χ4v) is 2.62. The lowest BCUT2D eigenvalue weighted by Gasteiger charge is -2.42. The van der Waals surface area contributed by atoms with E-state index in [1.54, 1.807) is 0 Å². The van der Waals surface area contributed by atoms with Crippen molar-refractivity contribution in [2.45, 2.75) is 45.2 Å². The number of carbonyl (C=O) groups excluding carboxylic acids is 1. The second-order valence-electron chi connectivity index (χ2n) is 5.65. The van der Waals surface area contributed by atoms with Crippen molar-refractivity contribution in [1.82, 2.24) is 15.1 Å². The van der Waals surface area contributed by atoms with Crippen LogP contribution in [0.5, 0.6) is 0 Å². The van der Waals surface area contributed by atoms with Gasteiger partial charge in [-0.2, -0.15) is 0 Å².